The number of aromatic nitrogens is 2. The molecule has 0 bridgehead atoms. The molecule has 0 fully saturated rings. The van der Waals surface area contributed by atoms with Gasteiger partial charge in [0, 0.05) is 18.9 Å². The highest BCUT2D eigenvalue weighted by Crippen LogP contribution is 2.16. The smallest absolute Gasteiger partial charge is 0.239 e. The molecule has 0 radical (unpaired) electrons. The minimum Gasteiger partial charge on any atom is -0.350 e. The third-order valence-corrected chi connectivity index (χ3v) is 4.03. The first-order valence-electron chi connectivity index (χ1n) is 8.38. The zero-order chi connectivity index (χ0) is 19.3. The van der Waals surface area contributed by atoms with Crippen molar-refractivity contribution in [3.8, 4) is 5.69 Å². The molecule has 1 aromatic heterocycles. The number of imidazole rings is 1. The molecule has 1 atom stereocenters. The summed E-state index contributed by atoms with van der Waals surface area (Å²) < 4.78 is 15.9. The molecule has 2 aromatic rings. The number of nitrogens with one attached hydrogen (secondary N) is 2. The Bertz CT molecular complexity index is 798. The van der Waals surface area contributed by atoms with Gasteiger partial charge >= 0.3 is 0 Å². The molecule has 0 aliphatic heterocycles. The van der Waals surface area contributed by atoms with Crippen LogP contribution in [0.5, 0.6) is 0 Å². The highest BCUT2D eigenvalue weighted by Gasteiger charge is 2.17. The van der Waals surface area contributed by atoms with Crippen molar-refractivity contribution in [3.63, 3.8) is 0 Å². The number of hydrogen-bond acceptors (Lipinski definition) is 4. The minimum atomic E-state index is -0.656. The maximum atomic E-state index is 14.3. The molecular weight excluding hydrogens is 408 g/mol. The molecule has 28 heavy (non-hydrogen) atoms. The van der Waals surface area contributed by atoms with E-state index in [0.717, 1.165) is 0 Å². The van der Waals surface area contributed by atoms with Gasteiger partial charge in [-0.1, -0.05) is 19.9 Å². The molecule has 4 N–H and O–H groups in total. The number of amides is 2. The molecule has 1 heterocycles. The maximum Gasteiger partial charge on any atom is 0.239 e. The quantitative estimate of drug-likeness (QED) is 0.619. The second-order valence-corrected chi connectivity index (χ2v) is 6.39. The fourth-order valence-electron chi connectivity index (χ4n) is 2.34. The number of hydrogen-bond donors (Lipinski definition) is 3. The highest BCUT2D eigenvalue weighted by atomic mass is 35.5. The van der Waals surface area contributed by atoms with Gasteiger partial charge in [0.15, 0.2) is 0 Å². The van der Waals surface area contributed by atoms with Gasteiger partial charge in [0.2, 0.25) is 11.8 Å². The third-order valence-electron chi connectivity index (χ3n) is 4.03. The fraction of sp³-hybridized carbons (Fsp3) is 0.389. The van der Waals surface area contributed by atoms with Gasteiger partial charge in [0.05, 0.1) is 18.3 Å². The van der Waals surface area contributed by atoms with Crippen molar-refractivity contribution in [1.29, 1.82) is 0 Å². The van der Waals surface area contributed by atoms with E-state index in [4.69, 9.17) is 5.73 Å². The Morgan fingerprint density at radius 1 is 1.25 bits per heavy atom. The summed E-state index contributed by atoms with van der Waals surface area (Å²) in [7, 11) is 0. The van der Waals surface area contributed by atoms with Crippen LogP contribution in [0.15, 0.2) is 30.6 Å². The molecule has 0 saturated carbocycles. The van der Waals surface area contributed by atoms with Gasteiger partial charge < -0.3 is 20.9 Å². The molecule has 0 aliphatic carbocycles. The topological polar surface area (TPSA) is 102 Å². The summed E-state index contributed by atoms with van der Waals surface area (Å²) >= 11 is 0. The highest BCUT2D eigenvalue weighted by molar-refractivity contribution is 5.87. The van der Waals surface area contributed by atoms with Gasteiger partial charge in [0.25, 0.3) is 0 Å². The second kappa shape index (κ2) is 11.6. The molecular formula is C18H26Cl2FN5O2. The summed E-state index contributed by atoms with van der Waals surface area (Å²) in [5, 5.41) is 5.12. The van der Waals surface area contributed by atoms with Crippen LogP contribution in [0.2, 0.25) is 0 Å². The fourth-order valence-corrected chi connectivity index (χ4v) is 2.34. The Labute approximate surface area is 176 Å². The first-order valence-corrected chi connectivity index (χ1v) is 8.38. The van der Waals surface area contributed by atoms with E-state index in [1.807, 2.05) is 13.8 Å². The van der Waals surface area contributed by atoms with Crippen molar-refractivity contribution in [2.45, 2.75) is 33.4 Å². The lowest BCUT2D eigenvalue weighted by Gasteiger charge is -2.15. The van der Waals surface area contributed by atoms with Crippen molar-refractivity contribution < 1.29 is 14.0 Å². The second-order valence-electron chi connectivity index (χ2n) is 6.39. The van der Waals surface area contributed by atoms with Crippen molar-refractivity contribution in [3.05, 3.63) is 47.8 Å². The van der Waals surface area contributed by atoms with E-state index in [1.165, 1.54) is 6.07 Å². The van der Waals surface area contributed by atoms with E-state index in [2.05, 4.69) is 15.6 Å². The van der Waals surface area contributed by atoms with Gasteiger partial charge in [-0.3, -0.25) is 9.59 Å². The van der Waals surface area contributed by atoms with E-state index >= 15 is 0 Å². The third kappa shape index (κ3) is 6.78. The van der Waals surface area contributed by atoms with Crippen LogP contribution in [0.3, 0.4) is 0 Å². The normalized spacial score (nSPS) is 11.2. The van der Waals surface area contributed by atoms with Crippen LogP contribution in [0.25, 0.3) is 5.69 Å². The van der Waals surface area contributed by atoms with Crippen molar-refractivity contribution in [2.75, 3.05) is 6.54 Å². The van der Waals surface area contributed by atoms with Crippen molar-refractivity contribution in [2.24, 2.45) is 11.7 Å². The average molecular weight is 434 g/mol. The number of benzene rings is 1. The molecule has 7 nitrogen and oxygen atoms in total. The number of carbonyl (C=O) groups excluding carboxylic acids is 2. The van der Waals surface area contributed by atoms with Crippen LogP contribution in [-0.2, 0) is 16.1 Å². The zero-order valence-electron chi connectivity index (χ0n) is 15.9. The molecule has 10 heteroatoms. The van der Waals surface area contributed by atoms with Gasteiger partial charge in [-0.15, -0.1) is 24.8 Å². The zero-order valence-corrected chi connectivity index (χ0v) is 17.6. The van der Waals surface area contributed by atoms with E-state index in [9.17, 15) is 14.0 Å². The molecule has 2 rings (SSSR count). The van der Waals surface area contributed by atoms with Gasteiger partial charge in [-0.25, -0.2) is 9.37 Å². The van der Waals surface area contributed by atoms with Crippen LogP contribution < -0.4 is 16.4 Å². The van der Waals surface area contributed by atoms with Crippen LogP contribution in [-0.4, -0.2) is 34.0 Å². The lowest BCUT2D eigenvalue weighted by Crippen LogP contribution is -2.47. The SMILES string of the molecule is Cc1nccn1-c1ccc(CNC(=O)CNC(=O)[C@@H](N)C(C)C)cc1F.Cl.Cl. The van der Waals surface area contributed by atoms with Crippen LogP contribution in [0.1, 0.15) is 25.2 Å². The number of nitrogens with zero attached hydrogens (tertiary/aromatic N) is 2. The van der Waals surface area contributed by atoms with Gasteiger partial charge in [0.1, 0.15) is 11.6 Å². The minimum absolute atomic E-state index is 0. The Balaban J connectivity index is 0.00000364. The lowest BCUT2D eigenvalue weighted by atomic mass is 10.1. The van der Waals surface area contributed by atoms with Crippen molar-refractivity contribution >= 4 is 36.6 Å². The molecule has 1 aromatic carbocycles. The van der Waals surface area contributed by atoms with Crippen molar-refractivity contribution in [1.82, 2.24) is 20.2 Å². The standard InChI is InChI=1S/C18H24FN5O2.2ClH/c1-11(2)17(20)18(26)23-10-16(25)22-9-13-4-5-15(14(19)8-13)24-7-6-21-12(24)3;;/h4-8,11,17H,9-10,20H2,1-3H3,(H,22,25)(H,23,26);2*1H/t17-;;/m0../s1. The summed E-state index contributed by atoms with van der Waals surface area (Å²) in [6.45, 7) is 5.42. The Hall–Kier alpha value is -2.16. The van der Waals surface area contributed by atoms with E-state index in [1.54, 1.807) is 36.0 Å². The summed E-state index contributed by atoms with van der Waals surface area (Å²) in [6.07, 6.45) is 3.28. The molecule has 0 aliphatic rings. The van der Waals surface area contributed by atoms with Crippen LogP contribution >= 0.6 is 24.8 Å². The molecule has 0 spiro atoms. The van der Waals surface area contributed by atoms with E-state index in [0.29, 0.717) is 17.1 Å². The average Bonchev–Trinajstić information content (AvgIpc) is 3.02. The first-order chi connectivity index (χ1) is 12.3. The largest absolute Gasteiger partial charge is 0.350 e. The summed E-state index contributed by atoms with van der Waals surface area (Å²) in [6, 6.07) is 4.07. The van der Waals surface area contributed by atoms with Crippen LogP contribution in [0, 0.1) is 18.7 Å². The summed E-state index contributed by atoms with van der Waals surface area (Å²) in [4.78, 5) is 27.6. The Morgan fingerprint density at radius 2 is 1.93 bits per heavy atom. The molecule has 0 unspecified atom stereocenters. The number of aryl methyl sites for hydroxylation is 1. The summed E-state index contributed by atoms with van der Waals surface area (Å²) in [5.41, 5.74) is 6.71. The molecule has 156 valence electrons. The predicted octanol–water partition coefficient (Wildman–Crippen LogP) is 1.88. The monoisotopic (exact) mass is 433 g/mol. The lowest BCUT2D eigenvalue weighted by molar-refractivity contribution is -0.127. The number of halogens is 3. The number of carbonyl (C=O) groups is 2. The molecule has 2 amide bonds. The van der Waals surface area contributed by atoms with Gasteiger partial charge in [-0.05, 0) is 30.5 Å². The van der Waals surface area contributed by atoms with E-state index in [-0.39, 0.29) is 55.6 Å². The summed E-state index contributed by atoms with van der Waals surface area (Å²) in [5.74, 6) is -0.487. The number of nitrogens with two attached hydrogens (primary N) is 1. The Morgan fingerprint density at radius 3 is 2.46 bits per heavy atom. The Kier molecular flexibility index (Phi) is 10.7. The first kappa shape index (κ1) is 25.8. The predicted molar refractivity (Wildman–Crippen MR) is 110 cm³/mol. The number of rotatable bonds is 7. The van der Waals surface area contributed by atoms with E-state index < -0.39 is 11.9 Å². The molecule has 0 saturated heterocycles. The maximum absolute atomic E-state index is 14.3. The van der Waals surface area contributed by atoms with Crippen LogP contribution in [0.4, 0.5) is 4.39 Å². The van der Waals surface area contributed by atoms with Gasteiger partial charge in [-0.2, -0.15) is 0 Å².